The molecule has 2 nitrogen and oxygen atoms in total. The van der Waals surface area contributed by atoms with Gasteiger partial charge >= 0.3 is 0 Å². The highest BCUT2D eigenvalue weighted by molar-refractivity contribution is 8.13. The highest BCUT2D eigenvalue weighted by Crippen LogP contribution is 2.29. The highest BCUT2D eigenvalue weighted by Gasteiger charge is 2.25. The van der Waals surface area contributed by atoms with Crippen LogP contribution in [0.4, 0.5) is 4.39 Å². The van der Waals surface area contributed by atoms with Crippen molar-refractivity contribution >= 4 is 19.7 Å². The average Bonchev–Trinajstić information content (AvgIpc) is 2.01. The van der Waals surface area contributed by atoms with Gasteiger partial charge in [-0.1, -0.05) is 12.8 Å². The maximum atomic E-state index is 13.2. The number of hydrogen-bond donors (Lipinski definition) is 0. The van der Waals surface area contributed by atoms with Crippen molar-refractivity contribution < 1.29 is 12.8 Å². The average molecular weight is 229 g/mol. The maximum Gasteiger partial charge on any atom is 0.232 e. The molecule has 5 heteroatoms. The predicted octanol–water partition coefficient (Wildman–Crippen LogP) is 2.47. The smallest absolute Gasteiger partial charge is 0.232 e. The van der Waals surface area contributed by atoms with Crippen molar-refractivity contribution in [3.05, 3.63) is 0 Å². The molecule has 1 aliphatic rings. The van der Waals surface area contributed by atoms with E-state index in [0.717, 1.165) is 19.3 Å². The fourth-order valence-corrected chi connectivity index (χ4v) is 2.63. The van der Waals surface area contributed by atoms with Crippen LogP contribution in [0.25, 0.3) is 0 Å². The molecule has 0 aromatic carbocycles. The molecule has 0 N–H and O–H groups in total. The minimum absolute atomic E-state index is 0.0951. The lowest BCUT2D eigenvalue weighted by atomic mass is 9.86. The molecule has 0 bridgehead atoms. The van der Waals surface area contributed by atoms with Crippen molar-refractivity contribution in [2.45, 2.75) is 38.3 Å². The summed E-state index contributed by atoms with van der Waals surface area (Å²) in [5.41, 5.74) is 0. The van der Waals surface area contributed by atoms with Crippen molar-refractivity contribution in [1.82, 2.24) is 0 Å². The molecule has 0 saturated heterocycles. The predicted molar refractivity (Wildman–Crippen MR) is 51.1 cm³/mol. The Bertz CT molecular complexity index is 253. The third-order valence-corrected chi connectivity index (χ3v) is 3.74. The van der Waals surface area contributed by atoms with Crippen LogP contribution in [0.2, 0.25) is 0 Å². The van der Waals surface area contributed by atoms with Crippen molar-refractivity contribution in [2.75, 3.05) is 5.75 Å². The molecular formula is C8H14ClFO2S. The molecule has 1 fully saturated rings. The van der Waals surface area contributed by atoms with Crippen LogP contribution in [-0.4, -0.2) is 20.3 Å². The Balaban J connectivity index is 2.35. The zero-order valence-electron chi connectivity index (χ0n) is 7.38. The number of hydrogen-bond acceptors (Lipinski definition) is 2. The largest absolute Gasteiger partial charge is 0.247 e. The Morgan fingerprint density at radius 2 is 1.92 bits per heavy atom. The molecule has 2 atom stereocenters. The van der Waals surface area contributed by atoms with Crippen molar-refractivity contribution in [3.63, 3.8) is 0 Å². The van der Waals surface area contributed by atoms with Gasteiger partial charge in [-0.3, -0.25) is 0 Å². The summed E-state index contributed by atoms with van der Waals surface area (Å²) in [5.74, 6) is -0.193. The van der Waals surface area contributed by atoms with E-state index in [0.29, 0.717) is 12.8 Å². The lowest BCUT2D eigenvalue weighted by molar-refractivity contribution is 0.162. The van der Waals surface area contributed by atoms with Gasteiger partial charge in [0.1, 0.15) is 6.17 Å². The summed E-state index contributed by atoms with van der Waals surface area (Å²) >= 11 is 0. The molecule has 1 rings (SSSR count). The minimum atomic E-state index is -3.44. The lowest BCUT2D eigenvalue weighted by Gasteiger charge is -2.25. The normalized spacial score (nSPS) is 30.3. The third kappa shape index (κ3) is 4.27. The van der Waals surface area contributed by atoms with Crippen LogP contribution in [0.5, 0.6) is 0 Å². The van der Waals surface area contributed by atoms with E-state index >= 15 is 0 Å². The summed E-state index contributed by atoms with van der Waals surface area (Å²) in [5, 5.41) is 0. The molecule has 0 radical (unpaired) electrons. The van der Waals surface area contributed by atoms with E-state index < -0.39 is 15.2 Å². The van der Waals surface area contributed by atoms with E-state index in [-0.39, 0.29) is 11.7 Å². The summed E-state index contributed by atoms with van der Waals surface area (Å²) in [6, 6.07) is 0. The monoisotopic (exact) mass is 228 g/mol. The van der Waals surface area contributed by atoms with Crippen LogP contribution >= 0.6 is 10.7 Å². The zero-order valence-corrected chi connectivity index (χ0v) is 8.95. The first-order valence-corrected chi connectivity index (χ1v) is 7.03. The lowest BCUT2D eigenvalue weighted by Crippen LogP contribution is -2.22. The molecule has 1 aliphatic carbocycles. The van der Waals surface area contributed by atoms with Gasteiger partial charge in [-0.05, 0) is 25.2 Å². The van der Waals surface area contributed by atoms with Crippen LogP contribution in [0.15, 0.2) is 0 Å². The molecule has 13 heavy (non-hydrogen) atoms. The van der Waals surface area contributed by atoms with Gasteiger partial charge in [0.2, 0.25) is 9.05 Å². The van der Waals surface area contributed by atoms with Gasteiger partial charge < -0.3 is 0 Å². The van der Waals surface area contributed by atoms with E-state index in [1.807, 2.05) is 0 Å². The van der Waals surface area contributed by atoms with E-state index in [1.54, 1.807) is 0 Å². The molecular weight excluding hydrogens is 215 g/mol. The van der Waals surface area contributed by atoms with Crippen LogP contribution in [0.1, 0.15) is 32.1 Å². The summed E-state index contributed by atoms with van der Waals surface area (Å²) in [7, 11) is 1.61. The minimum Gasteiger partial charge on any atom is -0.247 e. The van der Waals surface area contributed by atoms with E-state index in [2.05, 4.69) is 0 Å². The summed E-state index contributed by atoms with van der Waals surface area (Å²) < 4.78 is 34.4. The number of rotatable bonds is 3. The quantitative estimate of drug-likeness (QED) is 0.696. The zero-order chi connectivity index (χ0) is 9.90. The molecule has 0 amide bonds. The van der Waals surface area contributed by atoms with E-state index in [4.69, 9.17) is 10.7 Å². The van der Waals surface area contributed by atoms with Crippen molar-refractivity contribution in [2.24, 2.45) is 5.92 Å². The topological polar surface area (TPSA) is 34.1 Å². The molecule has 0 heterocycles. The second-order valence-corrected chi connectivity index (χ2v) is 6.49. The first-order valence-electron chi connectivity index (χ1n) is 4.55. The van der Waals surface area contributed by atoms with Crippen molar-refractivity contribution in [1.29, 1.82) is 0 Å². The first-order chi connectivity index (χ1) is 5.99. The van der Waals surface area contributed by atoms with Crippen molar-refractivity contribution in [3.8, 4) is 0 Å². The summed E-state index contributed by atoms with van der Waals surface area (Å²) in [6.45, 7) is 0. The molecule has 0 aliphatic heterocycles. The van der Waals surface area contributed by atoms with Gasteiger partial charge in [-0.25, -0.2) is 12.8 Å². The second kappa shape index (κ2) is 4.60. The Hall–Kier alpha value is 0.170. The SMILES string of the molecule is O=S(=O)(Cl)CCC1CCCCC1F. The Labute approximate surface area is 82.9 Å². The standard InChI is InChI=1S/C8H14ClFO2S/c9-13(11,12)6-5-7-3-1-2-4-8(7)10/h7-8H,1-6H2. The van der Waals surface area contributed by atoms with E-state index in [1.165, 1.54) is 0 Å². The molecule has 0 aromatic heterocycles. The Morgan fingerprint density at radius 3 is 2.46 bits per heavy atom. The Morgan fingerprint density at radius 1 is 1.31 bits per heavy atom. The first kappa shape index (κ1) is 11.2. The van der Waals surface area contributed by atoms with Gasteiger partial charge in [-0.2, -0.15) is 0 Å². The molecule has 1 saturated carbocycles. The second-order valence-electron chi connectivity index (χ2n) is 3.59. The van der Waals surface area contributed by atoms with Gasteiger partial charge in [0.15, 0.2) is 0 Å². The van der Waals surface area contributed by atoms with Crippen LogP contribution < -0.4 is 0 Å². The Kier molecular flexibility index (Phi) is 3.98. The molecule has 0 spiro atoms. The number of alkyl halides is 1. The van der Waals surface area contributed by atoms with Gasteiger partial charge in [0, 0.05) is 10.7 Å². The van der Waals surface area contributed by atoms with Crippen LogP contribution in [0, 0.1) is 5.92 Å². The third-order valence-electron chi connectivity index (χ3n) is 2.55. The van der Waals surface area contributed by atoms with Crippen LogP contribution in [0.3, 0.4) is 0 Å². The maximum absolute atomic E-state index is 13.2. The molecule has 78 valence electrons. The van der Waals surface area contributed by atoms with Crippen LogP contribution in [-0.2, 0) is 9.05 Å². The number of halogens is 2. The van der Waals surface area contributed by atoms with E-state index in [9.17, 15) is 12.8 Å². The molecule has 0 aromatic rings. The highest BCUT2D eigenvalue weighted by atomic mass is 35.7. The fourth-order valence-electron chi connectivity index (χ4n) is 1.78. The molecule has 2 unspecified atom stereocenters. The van der Waals surface area contributed by atoms with Gasteiger partial charge in [0.25, 0.3) is 0 Å². The summed E-state index contributed by atoms with van der Waals surface area (Å²) in [6.07, 6.45) is 2.85. The summed E-state index contributed by atoms with van der Waals surface area (Å²) in [4.78, 5) is 0. The fraction of sp³-hybridized carbons (Fsp3) is 1.00. The van der Waals surface area contributed by atoms with Gasteiger partial charge in [0.05, 0.1) is 5.75 Å². The van der Waals surface area contributed by atoms with Gasteiger partial charge in [-0.15, -0.1) is 0 Å².